The van der Waals surface area contributed by atoms with Gasteiger partial charge in [0.1, 0.15) is 5.41 Å². The van der Waals surface area contributed by atoms with Gasteiger partial charge in [0, 0.05) is 0 Å². The van der Waals surface area contributed by atoms with Crippen molar-refractivity contribution in [2.45, 2.75) is 24.7 Å². The Morgan fingerprint density at radius 2 is 1.45 bits per heavy atom. The first-order valence-electron chi connectivity index (χ1n) is 8.11. The quantitative estimate of drug-likeness (QED) is 0.931. The third-order valence-corrected chi connectivity index (χ3v) is 4.82. The van der Waals surface area contributed by atoms with Crippen molar-refractivity contribution in [1.82, 2.24) is 5.32 Å². The monoisotopic (exact) mass is 290 g/mol. The van der Waals surface area contributed by atoms with Crippen LogP contribution in [0.15, 0.2) is 60.7 Å². The molecule has 112 valence electrons. The standard InChI is InChI=1S/C20H22N2/c21-16-20(17-8-3-1-4-9-17,18-10-5-2-6-11-18)19-12-7-14-22-15-13-19/h1-6,8-11,19,22H,7,12-15H2. The molecular formula is C20H22N2. The Labute approximate surface area is 132 Å². The van der Waals surface area contributed by atoms with Crippen molar-refractivity contribution >= 4 is 0 Å². The van der Waals surface area contributed by atoms with Crippen LogP contribution in [-0.2, 0) is 5.41 Å². The average Bonchev–Trinajstić information content (AvgIpc) is 2.88. The fraction of sp³-hybridized carbons (Fsp3) is 0.350. The normalized spacial score (nSPS) is 19.1. The molecule has 1 fully saturated rings. The van der Waals surface area contributed by atoms with Gasteiger partial charge in [-0.15, -0.1) is 0 Å². The Balaban J connectivity index is 2.14. The summed E-state index contributed by atoms with van der Waals surface area (Å²) in [5, 5.41) is 13.7. The van der Waals surface area contributed by atoms with E-state index in [2.05, 4.69) is 35.7 Å². The highest BCUT2D eigenvalue weighted by molar-refractivity contribution is 5.47. The van der Waals surface area contributed by atoms with Crippen LogP contribution in [0.25, 0.3) is 0 Å². The molecule has 3 rings (SSSR count). The molecule has 1 heterocycles. The van der Waals surface area contributed by atoms with Crippen LogP contribution in [0.3, 0.4) is 0 Å². The number of hydrogen-bond donors (Lipinski definition) is 1. The van der Waals surface area contributed by atoms with Crippen molar-refractivity contribution in [3.63, 3.8) is 0 Å². The molecule has 2 heteroatoms. The van der Waals surface area contributed by atoms with Gasteiger partial charge in [0.25, 0.3) is 0 Å². The van der Waals surface area contributed by atoms with Crippen LogP contribution >= 0.6 is 0 Å². The SMILES string of the molecule is N#CC(c1ccccc1)(c1ccccc1)C1CCCNCC1. The molecule has 2 nitrogen and oxygen atoms in total. The fourth-order valence-corrected chi connectivity index (χ4v) is 3.71. The van der Waals surface area contributed by atoms with E-state index in [4.69, 9.17) is 0 Å². The predicted octanol–water partition coefficient (Wildman–Crippen LogP) is 3.89. The van der Waals surface area contributed by atoms with Gasteiger partial charge >= 0.3 is 0 Å². The van der Waals surface area contributed by atoms with E-state index in [1.54, 1.807) is 0 Å². The van der Waals surface area contributed by atoms with Gasteiger partial charge in [-0.2, -0.15) is 5.26 Å². The summed E-state index contributed by atoms with van der Waals surface area (Å²) in [6.45, 7) is 2.05. The lowest BCUT2D eigenvalue weighted by atomic mass is 9.64. The summed E-state index contributed by atoms with van der Waals surface area (Å²) in [6, 6.07) is 23.3. The van der Waals surface area contributed by atoms with Crippen molar-refractivity contribution in [3.8, 4) is 6.07 Å². The van der Waals surface area contributed by atoms with Gasteiger partial charge in [-0.3, -0.25) is 0 Å². The zero-order valence-corrected chi connectivity index (χ0v) is 12.8. The molecule has 0 aromatic heterocycles. The molecule has 0 aliphatic carbocycles. The number of nitrogens with one attached hydrogen (secondary N) is 1. The Morgan fingerprint density at radius 3 is 2.00 bits per heavy atom. The molecule has 2 aromatic rings. The Morgan fingerprint density at radius 1 is 0.864 bits per heavy atom. The minimum atomic E-state index is -0.547. The molecule has 1 unspecified atom stereocenters. The minimum Gasteiger partial charge on any atom is -0.317 e. The van der Waals surface area contributed by atoms with Crippen LogP contribution in [0.5, 0.6) is 0 Å². The molecule has 1 atom stereocenters. The van der Waals surface area contributed by atoms with Gasteiger partial charge in [0.05, 0.1) is 6.07 Å². The Kier molecular flexibility index (Phi) is 4.56. The third kappa shape index (κ3) is 2.65. The van der Waals surface area contributed by atoms with Gasteiger partial charge in [0.15, 0.2) is 0 Å². The maximum Gasteiger partial charge on any atom is 0.110 e. The molecule has 2 aromatic carbocycles. The Bertz CT molecular complexity index is 580. The van der Waals surface area contributed by atoms with E-state index in [1.165, 1.54) is 0 Å². The van der Waals surface area contributed by atoms with E-state index in [0.29, 0.717) is 5.92 Å². The van der Waals surface area contributed by atoms with Crippen LogP contribution in [0, 0.1) is 17.2 Å². The van der Waals surface area contributed by atoms with E-state index < -0.39 is 5.41 Å². The number of nitriles is 1. The summed E-state index contributed by atoms with van der Waals surface area (Å²) >= 11 is 0. The summed E-state index contributed by atoms with van der Waals surface area (Å²) < 4.78 is 0. The summed E-state index contributed by atoms with van der Waals surface area (Å²) in [4.78, 5) is 0. The molecule has 0 amide bonds. The third-order valence-electron chi connectivity index (χ3n) is 4.82. The topological polar surface area (TPSA) is 35.8 Å². The summed E-state index contributed by atoms with van der Waals surface area (Å²) in [5.41, 5.74) is 1.69. The van der Waals surface area contributed by atoms with Crippen LogP contribution in [-0.4, -0.2) is 13.1 Å². The van der Waals surface area contributed by atoms with Crippen molar-refractivity contribution in [2.24, 2.45) is 5.92 Å². The second-order valence-electron chi connectivity index (χ2n) is 6.03. The van der Waals surface area contributed by atoms with Gasteiger partial charge in [0.2, 0.25) is 0 Å². The van der Waals surface area contributed by atoms with Gasteiger partial charge in [-0.05, 0) is 49.4 Å². The number of hydrogen-bond acceptors (Lipinski definition) is 2. The lowest BCUT2D eigenvalue weighted by molar-refractivity contribution is 0.355. The number of benzene rings is 2. The largest absolute Gasteiger partial charge is 0.317 e. The maximum atomic E-state index is 10.3. The zero-order valence-electron chi connectivity index (χ0n) is 12.8. The lowest BCUT2D eigenvalue weighted by Crippen LogP contribution is -2.36. The van der Waals surface area contributed by atoms with E-state index in [0.717, 1.165) is 43.5 Å². The molecule has 1 aliphatic rings. The molecule has 1 N–H and O–H groups in total. The summed E-state index contributed by atoms with van der Waals surface area (Å²) in [6.07, 6.45) is 3.26. The first-order chi connectivity index (χ1) is 10.9. The predicted molar refractivity (Wildman–Crippen MR) is 89.5 cm³/mol. The van der Waals surface area contributed by atoms with Crippen LogP contribution < -0.4 is 5.32 Å². The molecule has 0 spiro atoms. The highest BCUT2D eigenvalue weighted by Crippen LogP contribution is 2.43. The molecule has 0 saturated carbocycles. The second kappa shape index (κ2) is 6.77. The van der Waals surface area contributed by atoms with E-state index in [-0.39, 0.29) is 0 Å². The number of nitrogens with zero attached hydrogens (tertiary/aromatic N) is 1. The first-order valence-corrected chi connectivity index (χ1v) is 8.11. The summed E-state index contributed by atoms with van der Waals surface area (Å²) in [7, 11) is 0. The molecular weight excluding hydrogens is 268 g/mol. The maximum absolute atomic E-state index is 10.3. The van der Waals surface area contributed by atoms with Crippen LogP contribution in [0.1, 0.15) is 30.4 Å². The van der Waals surface area contributed by atoms with Crippen LogP contribution in [0.2, 0.25) is 0 Å². The second-order valence-corrected chi connectivity index (χ2v) is 6.03. The molecule has 1 aliphatic heterocycles. The lowest BCUT2D eigenvalue weighted by Gasteiger charge is -2.35. The van der Waals surface area contributed by atoms with Gasteiger partial charge in [-0.25, -0.2) is 0 Å². The van der Waals surface area contributed by atoms with Gasteiger partial charge < -0.3 is 5.32 Å². The van der Waals surface area contributed by atoms with Crippen molar-refractivity contribution in [2.75, 3.05) is 13.1 Å². The van der Waals surface area contributed by atoms with E-state index in [9.17, 15) is 5.26 Å². The zero-order chi connectivity index (χ0) is 15.3. The molecule has 0 bridgehead atoms. The first kappa shape index (κ1) is 14.8. The Hall–Kier alpha value is -2.11. The van der Waals surface area contributed by atoms with Crippen molar-refractivity contribution in [3.05, 3.63) is 71.8 Å². The highest BCUT2D eigenvalue weighted by atomic mass is 14.9. The van der Waals surface area contributed by atoms with Gasteiger partial charge in [-0.1, -0.05) is 60.7 Å². The molecule has 1 saturated heterocycles. The van der Waals surface area contributed by atoms with E-state index in [1.807, 2.05) is 36.4 Å². The van der Waals surface area contributed by atoms with E-state index >= 15 is 0 Å². The molecule has 22 heavy (non-hydrogen) atoms. The summed E-state index contributed by atoms with van der Waals surface area (Å²) in [5.74, 6) is 0.345. The average molecular weight is 290 g/mol. The number of rotatable bonds is 3. The van der Waals surface area contributed by atoms with Crippen molar-refractivity contribution < 1.29 is 0 Å². The smallest absolute Gasteiger partial charge is 0.110 e. The van der Waals surface area contributed by atoms with Crippen molar-refractivity contribution in [1.29, 1.82) is 5.26 Å². The van der Waals surface area contributed by atoms with Crippen LogP contribution in [0.4, 0.5) is 0 Å². The molecule has 0 radical (unpaired) electrons. The highest BCUT2D eigenvalue weighted by Gasteiger charge is 2.42. The minimum absolute atomic E-state index is 0.345. The fourth-order valence-electron chi connectivity index (χ4n) is 3.71.